The quantitative estimate of drug-likeness (QED) is 0.919. The zero-order chi connectivity index (χ0) is 14.9. The summed E-state index contributed by atoms with van der Waals surface area (Å²) in [6, 6.07) is 2.13. The fourth-order valence-electron chi connectivity index (χ4n) is 2.24. The highest BCUT2D eigenvalue weighted by Crippen LogP contribution is 2.37. The number of anilines is 1. The van der Waals surface area contributed by atoms with Gasteiger partial charge in [-0.05, 0) is 25.3 Å². The van der Waals surface area contributed by atoms with Crippen LogP contribution in [0.2, 0.25) is 0 Å². The fraction of sp³-hybridized carbons (Fsp3) is 0.600. The first kappa shape index (κ1) is 15.2. The van der Waals surface area contributed by atoms with Crippen molar-refractivity contribution >= 4 is 27.4 Å². The van der Waals surface area contributed by atoms with Gasteiger partial charge in [0.15, 0.2) is 5.82 Å². The molecule has 110 valence electrons. The number of aryl methyl sites for hydroxylation is 1. The van der Waals surface area contributed by atoms with Gasteiger partial charge in [-0.15, -0.1) is 11.3 Å². The van der Waals surface area contributed by atoms with Crippen molar-refractivity contribution < 1.29 is 4.74 Å². The van der Waals surface area contributed by atoms with E-state index < -0.39 is 0 Å². The molecule has 20 heavy (non-hydrogen) atoms. The van der Waals surface area contributed by atoms with Crippen LogP contribution in [0.15, 0.2) is 6.07 Å². The minimum absolute atomic E-state index is 0.0407. The van der Waals surface area contributed by atoms with Gasteiger partial charge in [-0.2, -0.15) is 0 Å². The van der Waals surface area contributed by atoms with Gasteiger partial charge < -0.3 is 10.1 Å². The Morgan fingerprint density at radius 3 is 2.60 bits per heavy atom. The Bertz CT molecular complexity index is 601. The van der Waals surface area contributed by atoms with Crippen LogP contribution in [0.25, 0.3) is 10.2 Å². The normalized spacial score (nSPS) is 13.7. The molecule has 0 aliphatic heterocycles. The van der Waals surface area contributed by atoms with E-state index in [0.717, 1.165) is 21.9 Å². The Hall–Kier alpha value is -1.20. The fourth-order valence-corrected chi connectivity index (χ4v) is 3.13. The summed E-state index contributed by atoms with van der Waals surface area (Å²) in [5.41, 5.74) is -0.0407. The standard InChI is InChI=1S/C15H23N3OS/c1-7-19-11(15(3,4)5)13-17-12(16-6)10-8-9(2)20-14(10)18-13/h8,11H,7H2,1-6H3,(H,16,17,18). The highest BCUT2D eigenvalue weighted by Gasteiger charge is 2.30. The molecule has 0 amide bonds. The van der Waals surface area contributed by atoms with Crippen molar-refractivity contribution in [3.05, 3.63) is 16.8 Å². The molecule has 0 fully saturated rings. The van der Waals surface area contributed by atoms with Crippen LogP contribution < -0.4 is 5.32 Å². The zero-order valence-corrected chi connectivity index (χ0v) is 13.9. The van der Waals surface area contributed by atoms with Crippen LogP contribution in [0.1, 0.15) is 44.5 Å². The summed E-state index contributed by atoms with van der Waals surface area (Å²) in [6.07, 6.45) is -0.105. The summed E-state index contributed by atoms with van der Waals surface area (Å²) in [5, 5.41) is 4.26. The van der Waals surface area contributed by atoms with E-state index in [4.69, 9.17) is 9.72 Å². The van der Waals surface area contributed by atoms with Gasteiger partial charge in [0.1, 0.15) is 16.8 Å². The zero-order valence-electron chi connectivity index (χ0n) is 13.1. The van der Waals surface area contributed by atoms with E-state index in [2.05, 4.69) is 44.1 Å². The van der Waals surface area contributed by atoms with Crippen LogP contribution in [-0.2, 0) is 4.74 Å². The molecule has 2 heterocycles. The van der Waals surface area contributed by atoms with E-state index >= 15 is 0 Å². The van der Waals surface area contributed by atoms with Gasteiger partial charge in [0.05, 0.1) is 5.39 Å². The van der Waals surface area contributed by atoms with E-state index in [1.807, 2.05) is 14.0 Å². The maximum atomic E-state index is 5.90. The van der Waals surface area contributed by atoms with Gasteiger partial charge in [0.2, 0.25) is 0 Å². The van der Waals surface area contributed by atoms with Gasteiger partial charge in [0, 0.05) is 18.5 Å². The van der Waals surface area contributed by atoms with Crippen LogP contribution in [0.5, 0.6) is 0 Å². The van der Waals surface area contributed by atoms with Gasteiger partial charge in [0.25, 0.3) is 0 Å². The maximum absolute atomic E-state index is 5.90. The van der Waals surface area contributed by atoms with Crippen molar-refractivity contribution in [2.75, 3.05) is 19.0 Å². The van der Waals surface area contributed by atoms with Crippen molar-refractivity contribution in [1.29, 1.82) is 0 Å². The highest BCUT2D eigenvalue weighted by atomic mass is 32.1. The molecule has 1 unspecified atom stereocenters. The van der Waals surface area contributed by atoms with E-state index in [0.29, 0.717) is 6.61 Å². The molecule has 0 bridgehead atoms. The largest absolute Gasteiger partial charge is 0.372 e. The second-order valence-electron chi connectivity index (χ2n) is 5.96. The molecule has 2 rings (SSSR count). The lowest BCUT2D eigenvalue weighted by molar-refractivity contribution is -0.0187. The summed E-state index contributed by atoms with van der Waals surface area (Å²) in [7, 11) is 1.89. The van der Waals surface area contributed by atoms with Gasteiger partial charge in [-0.1, -0.05) is 20.8 Å². The molecule has 4 nitrogen and oxygen atoms in total. The van der Waals surface area contributed by atoms with Crippen molar-refractivity contribution in [1.82, 2.24) is 9.97 Å². The van der Waals surface area contributed by atoms with E-state index in [9.17, 15) is 0 Å². The molecule has 0 saturated heterocycles. The minimum Gasteiger partial charge on any atom is -0.372 e. The van der Waals surface area contributed by atoms with Crippen LogP contribution in [0.3, 0.4) is 0 Å². The number of hydrogen-bond donors (Lipinski definition) is 1. The first-order valence-electron chi connectivity index (χ1n) is 6.94. The molecule has 1 atom stereocenters. The number of nitrogens with one attached hydrogen (secondary N) is 1. The van der Waals surface area contributed by atoms with E-state index in [1.165, 1.54) is 4.88 Å². The number of aromatic nitrogens is 2. The van der Waals surface area contributed by atoms with Crippen molar-refractivity contribution in [2.45, 2.75) is 40.7 Å². The number of rotatable bonds is 4. The van der Waals surface area contributed by atoms with Gasteiger partial charge in [-0.25, -0.2) is 9.97 Å². The lowest BCUT2D eigenvalue weighted by Gasteiger charge is -2.29. The Kier molecular flexibility index (Phi) is 4.30. The first-order chi connectivity index (χ1) is 9.36. The number of ether oxygens (including phenoxy) is 1. The highest BCUT2D eigenvalue weighted by molar-refractivity contribution is 7.18. The molecule has 0 aromatic carbocycles. The third-order valence-corrected chi connectivity index (χ3v) is 4.07. The molecule has 0 spiro atoms. The number of hydrogen-bond acceptors (Lipinski definition) is 5. The lowest BCUT2D eigenvalue weighted by atomic mass is 9.88. The third kappa shape index (κ3) is 2.94. The monoisotopic (exact) mass is 293 g/mol. The lowest BCUT2D eigenvalue weighted by Crippen LogP contribution is -2.23. The predicted octanol–water partition coefficient (Wildman–Crippen LogP) is 4.17. The molecule has 5 heteroatoms. The summed E-state index contributed by atoms with van der Waals surface area (Å²) >= 11 is 1.70. The Labute approximate surface area is 124 Å². The smallest absolute Gasteiger partial charge is 0.161 e. The number of nitrogens with zero attached hydrogens (tertiary/aromatic N) is 2. The van der Waals surface area contributed by atoms with Crippen LogP contribution in [-0.4, -0.2) is 23.6 Å². The SMILES string of the molecule is CCOC(c1nc(NC)c2cc(C)sc2n1)C(C)(C)C. The number of fused-ring (bicyclic) bond motifs is 1. The summed E-state index contributed by atoms with van der Waals surface area (Å²) in [6.45, 7) is 11.2. The predicted molar refractivity (Wildman–Crippen MR) is 85.5 cm³/mol. The average Bonchev–Trinajstić information content (AvgIpc) is 2.73. The first-order valence-corrected chi connectivity index (χ1v) is 7.76. The average molecular weight is 293 g/mol. The van der Waals surface area contributed by atoms with E-state index in [1.54, 1.807) is 11.3 Å². The maximum Gasteiger partial charge on any atom is 0.161 e. The molecule has 2 aromatic rings. The molecule has 0 radical (unpaired) electrons. The molecule has 2 aromatic heterocycles. The second-order valence-corrected chi connectivity index (χ2v) is 7.19. The minimum atomic E-state index is -0.105. The van der Waals surface area contributed by atoms with Gasteiger partial charge >= 0.3 is 0 Å². The molecule has 1 N–H and O–H groups in total. The summed E-state index contributed by atoms with van der Waals surface area (Å²) in [5.74, 6) is 1.64. The molecule has 0 saturated carbocycles. The van der Waals surface area contributed by atoms with Crippen molar-refractivity contribution in [2.24, 2.45) is 5.41 Å². The van der Waals surface area contributed by atoms with Crippen molar-refractivity contribution in [3.8, 4) is 0 Å². The Morgan fingerprint density at radius 1 is 1.35 bits per heavy atom. The third-order valence-electron chi connectivity index (χ3n) is 3.12. The second kappa shape index (κ2) is 5.66. The Morgan fingerprint density at radius 2 is 2.05 bits per heavy atom. The molecule has 0 aliphatic carbocycles. The van der Waals surface area contributed by atoms with Crippen LogP contribution in [0, 0.1) is 12.3 Å². The summed E-state index contributed by atoms with van der Waals surface area (Å²) < 4.78 is 5.90. The Balaban J connectivity index is 2.57. The topological polar surface area (TPSA) is 47.0 Å². The molecular weight excluding hydrogens is 270 g/mol. The van der Waals surface area contributed by atoms with Crippen LogP contribution >= 0.6 is 11.3 Å². The number of thiophene rings is 1. The summed E-state index contributed by atoms with van der Waals surface area (Å²) in [4.78, 5) is 11.7. The molecular formula is C15H23N3OS. The van der Waals surface area contributed by atoms with E-state index in [-0.39, 0.29) is 11.5 Å². The molecule has 0 aliphatic rings. The van der Waals surface area contributed by atoms with Gasteiger partial charge in [-0.3, -0.25) is 0 Å². The van der Waals surface area contributed by atoms with Crippen LogP contribution in [0.4, 0.5) is 5.82 Å². The van der Waals surface area contributed by atoms with Crippen molar-refractivity contribution in [3.63, 3.8) is 0 Å².